The predicted octanol–water partition coefficient (Wildman–Crippen LogP) is 1.69. The van der Waals surface area contributed by atoms with Crippen molar-refractivity contribution in [2.24, 2.45) is 5.41 Å². The Morgan fingerprint density at radius 3 is 2.88 bits per heavy atom. The number of hydrogen-bond donors (Lipinski definition) is 1. The van der Waals surface area contributed by atoms with Crippen molar-refractivity contribution >= 4 is 11.1 Å². The number of aryl methyl sites for hydroxylation is 1. The van der Waals surface area contributed by atoms with Gasteiger partial charge in [-0.25, -0.2) is 4.98 Å². The van der Waals surface area contributed by atoms with Gasteiger partial charge in [-0.15, -0.1) is 0 Å². The first-order chi connectivity index (χ1) is 8.21. The lowest BCUT2D eigenvalue weighted by Crippen LogP contribution is -2.47. The van der Waals surface area contributed by atoms with Gasteiger partial charge in [0.1, 0.15) is 5.52 Å². The van der Waals surface area contributed by atoms with Gasteiger partial charge >= 0.3 is 0 Å². The highest BCUT2D eigenvalue weighted by Gasteiger charge is 2.38. The predicted molar refractivity (Wildman–Crippen MR) is 62.8 cm³/mol. The third-order valence-corrected chi connectivity index (χ3v) is 3.29. The zero-order valence-electron chi connectivity index (χ0n) is 9.77. The number of rotatable bonds is 3. The number of ether oxygens (including phenoxy) is 1. The minimum Gasteiger partial charge on any atom is -0.441 e. The summed E-state index contributed by atoms with van der Waals surface area (Å²) in [5.41, 5.74) is 2.76. The van der Waals surface area contributed by atoms with Crippen molar-refractivity contribution in [3.8, 4) is 0 Å². The van der Waals surface area contributed by atoms with Crippen LogP contribution in [0.5, 0.6) is 0 Å². The number of aromatic nitrogens is 1. The first kappa shape index (κ1) is 10.7. The lowest BCUT2D eigenvalue weighted by molar-refractivity contribution is -0.136. The Morgan fingerprint density at radius 2 is 2.24 bits per heavy atom. The van der Waals surface area contributed by atoms with Crippen molar-refractivity contribution in [1.29, 1.82) is 0 Å². The van der Waals surface area contributed by atoms with Crippen molar-refractivity contribution < 1.29 is 14.3 Å². The van der Waals surface area contributed by atoms with Gasteiger partial charge in [0.15, 0.2) is 11.5 Å². The van der Waals surface area contributed by atoms with E-state index in [2.05, 4.69) is 4.98 Å². The Kier molecular flexibility index (Phi) is 2.42. The van der Waals surface area contributed by atoms with Gasteiger partial charge in [0, 0.05) is 12.3 Å². The molecule has 1 aliphatic heterocycles. The van der Waals surface area contributed by atoms with Gasteiger partial charge in [-0.05, 0) is 24.1 Å². The molecule has 0 atom stereocenters. The van der Waals surface area contributed by atoms with E-state index in [0.717, 1.165) is 23.1 Å². The molecule has 1 aliphatic rings. The molecule has 0 amide bonds. The van der Waals surface area contributed by atoms with Crippen molar-refractivity contribution in [2.75, 3.05) is 19.8 Å². The van der Waals surface area contributed by atoms with Gasteiger partial charge in [0.05, 0.1) is 19.8 Å². The zero-order valence-corrected chi connectivity index (χ0v) is 9.77. The van der Waals surface area contributed by atoms with E-state index in [4.69, 9.17) is 9.15 Å². The SMILES string of the molecule is Cc1nc2ccc(CC3(CO)COC3)cc2o1. The molecular weight excluding hydrogens is 218 g/mol. The molecule has 1 N–H and O–H groups in total. The Labute approximate surface area is 99.2 Å². The summed E-state index contributed by atoms with van der Waals surface area (Å²) in [6.45, 7) is 3.28. The highest BCUT2D eigenvalue weighted by molar-refractivity contribution is 5.73. The van der Waals surface area contributed by atoms with Crippen LogP contribution >= 0.6 is 0 Å². The molecule has 0 saturated carbocycles. The molecule has 17 heavy (non-hydrogen) atoms. The van der Waals surface area contributed by atoms with Gasteiger partial charge in [-0.3, -0.25) is 0 Å². The fourth-order valence-corrected chi connectivity index (χ4v) is 2.27. The summed E-state index contributed by atoms with van der Waals surface area (Å²) >= 11 is 0. The number of fused-ring (bicyclic) bond motifs is 1. The molecule has 4 heteroatoms. The molecule has 1 aromatic heterocycles. The standard InChI is InChI=1S/C13H15NO3/c1-9-14-11-3-2-10(4-12(11)17-9)5-13(6-15)7-16-8-13/h2-4,15H,5-8H2,1H3. The molecular formula is C13H15NO3. The molecule has 0 bridgehead atoms. The van der Waals surface area contributed by atoms with Crippen LogP contribution in [0, 0.1) is 12.3 Å². The minimum atomic E-state index is -0.0945. The number of nitrogens with zero attached hydrogens (tertiary/aromatic N) is 1. The van der Waals surface area contributed by atoms with Crippen LogP contribution in [0.15, 0.2) is 22.6 Å². The lowest BCUT2D eigenvalue weighted by atomic mass is 9.80. The molecule has 1 aromatic carbocycles. The summed E-state index contributed by atoms with van der Waals surface area (Å²) in [5, 5.41) is 9.40. The van der Waals surface area contributed by atoms with E-state index in [1.165, 1.54) is 0 Å². The average molecular weight is 233 g/mol. The third kappa shape index (κ3) is 1.83. The maximum absolute atomic E-state index is 9.40. The molecule has 1 fully saturated rings. The van der Waals surface area contributed by atoms with E-state index < -0.39 is 0 Å². The first-order valence-electron chi connectivity index (χ1n) is 5.75. The highest BCUT2D eigenvalue weighted by atomic mass is 16.5. The van der Waals surface area contributed by atoms with Crippen molar-refractivity contribution in [3.63, 3.8) is 0 Å². The van der Waals surface area contributed by atoms with Gasteiger partial charge in [0.2, 0.25) is 0 Å². The van der Waals surface area contributed by atoms with E-state index in [1.807, 2.05) is 25.1 Å². The van der Waals surface area contributed by atoms with Crippen molar-refractivity contribution in [3.05, 3.63) is 29.7 Å². The number of hydrogen-bond acceptors (Lipinski definition) is 4. The molecule has 90 valence electrons. The van der Waals surface area contributed by atoms with Gasteiger partial charge < -0.3 is 14.3 Å². The topological polar surface area (TPSA) is 55.5 Å². The molecule has 2 aromatic rings. The number of oxazole rings is 1. The lowest BCUT2D eigenvalue weighted by Gasteiger charge is -2.40. The molecule has 4 nitrogen and oxygen atoms in total. The summed E-state index contributed by atoms with van der Waals surface area (Å²) in [5.74, 6) is 0.681. The second kappa shape index (κ2) is 3.82. The molecule has 0 spiro atoms. The third-order valence-electron chi connectivity index (χ3n) is 3.29. The Balaban J connectivity index is 1.90. The Bertz CT molecular complexity index is 537. The van der Waals surface area contributed by atoms with Crippen LogP contribution in [0.1, 0.15) is 11.5 Å². The van der Waals surface area contributed by atoms with Crippen LogP contribution in [0.4, 0.5) is 0 Å². The molecule has 1 saturated heterocycles. The van der Waals surface area contributed by atoms with Crippen LogP contribution in [0.25, 0.3) is 11.1 Å². The summed E-state index contributed by atoms with van der Waals surface area (Å²) < 4.78 is 10.7. The maximum Gasteiger partial charge on any atom is 0.192 e. The van der Waals surface area contributed by atoms with E-state index in [9.17, 15) is 5.11 Å². The van der Waals surface area contributed by atoms with Crippen molar-refractivity contribution in [2.45, 2.75) is 13.3 Å². The maximum atomic E-state index is 9.40. The Hall–Kier alpha value is -1.39. The van der Waals surface area contributed by atoms with Crippen LogP contribution in [0.3, 0.4) is 0 Å². The monoisotopic (exact) mass is 233 g/mol. The number of aliphatic hydroxyl groups is 1. The fourth-order valence-electron chi connectivity index (χ4n) is 2.27. The van der Waals surface area contributed by atoms with Crippen LogP contribution in [-0.2, 0) is 11.2 Å². The van der Waals surface area contributed by atoms with E-state index in [0.29, 0.717) is 19.1 Å². The first-order valence-corrected chi connectivity index (χ1v) is 5.75. The molecule has 0 unspecified atom stereocenters. The van der Waals surface area contributed by atoms with Crippen molar-refractivity contribution in [1.82, 2.24) is 4.98 Å². The summed E-state index contributed by atoms with van der Waals surface area (Å²) in [6, 6.07) is 6.01. The highest BCUT2D eigenvalue weighted by Crippen LogP contribution is 2.32. The van der Waals surface area contributed by atoms with E-state index >= 15 is 0 Å². The fraction of sp³-hybridized carbons (Fsp3) is 0.462. The number of aliphatic hydroxyl groups excluding tert-OH is 1. The van der Waals surface area contributed by atoms with Gasteiger partial charge in [-0.2, -0.15) is 0 Å². The number of benzene rings is 1. The normalized spacial score (nSPS) is 18.2. The van der Waals surface area contributed by atoms with Gasteiger partial charge in [0.25, 0.3) is 0 Å². The minimum absolute atomic E-state index is 0.0945. The molecule has 3 rings (SSSR count). The average Bonchev–Trinajstić information content (AvgIpc) is 2.63. The second-order valence-electron chi connectivity index (χ2n) is 4.86. The molecule has 2 heterocycles. The second-order valence-corrected chi connectivity index (χ2v) is 4.86. The van der Waals surface area contributed by atoms with E-state index in [1.54, 1.807) is 0 Å². The summed E-state index contributed by atoms with van der Waals surface area (Å²) in [6.07, 6.45) is 0.819. The Morgan fingerprint density at radius 1 is 1.41 bits per heavy atom. The smallest absolute Gasteiger partial charge is 0.192 e. The zero-order chi connectivity index (χ0) is 11.9. The van der Waals surface area contributed by atoms with Crippen LogP contribution in [-0.4, -0.2) is 29.9 Å². The summed E-state index contributed by atoms with van der Waals surface area (Å²) in [4.78, 5) is 4.26. The van der Waals surface area contributed by atoms with Gasteiger partial charge in [-0.1, -0.05) is 6.07 Å². The van der Waals surface area contributed by atoms with Crippen LogP contribution < -0.4 is 0 Å². The quantitative estimate of drug-likeness (QED) is 0.876. The van der Waals surface area contributed by atoms with E-state index in [-0.39, 0.29) is 12.0 Å². The molecule has 0 radical (unpaired) electrons. The van der Waals surface area contributed by atoms with Crippen LogP contribution in [0.2, 0.25) is 0 Å². The largest absolute Gasteiger partial charge is 0.441 e. The molecule has 0 aliphatic carbocycles. The summed E-state index contributed by atoms with van der Waals surface area (Å²) in [7, 11) is 0.